The van der Waals surface area contributed by atoms with Crippen molar-refractivity contribution in [1.82, 2.24) is 15.3 Å². The number of rotatable bonds is 3. The van der Waals surface area contributed by atoms with Gasteiger partial charge in [-0.2, -0.15) is 0 Å². The minimum atomic E-state index is -0.495. The third kappa shape index (κ3) is 4.77. The summed E-state index contributed by atoms with van der Waals surface area (Å²) >= 11 is 2.29. The van der Waals surface area contributed by atoms with E-state index in [2.05, 4.69) is 67.5 Å². The SMILES string of the molecule is CC(C)(C)OC(=O)NC1Cc2ccc(Nc3ncnc4ccc(I)cc34)cc2C1. The highest BCUT2D eigenvalue weighted by molar-refractivity contribution is 14.1. The van der Waals surface area contributed by atoms with Crippen LogP contribution in [0.3, 0.4) is 0 Å². The maximum atomic E-state index is 12.1. The molecule has 6 nitrogen and oxygen atoms in total. The van der Waals surface area contributed by atoms with Crippen molar-refractivity contribution in [3.05, 3.63) is 57.4 Å². The van der Waals surface area contributed by atoms with E-state index in [1.54, 1.807) is 6.33 Å². The smallest absolute Gasteiger partial charge is 0.407 e. The van der Waals surface area contributed by atoms with Gasteiger partial charge >= 0.3 is 6.09 Å². The number of amides is 1. The Bertz CT molecular complexity index is 1080. The summed E-state index contributed by atoms with van der Waals surface area (Å²) in [5.41, 5.74) is 3.86. The Hall–Kier alpha value is -2.42. The highest BCUT2D eigenvalue weighted by Crippen LogP contribution is 2.29. The van der Waals surface area contributed by atoms with Gasteiger partial charge in [-0.3, -0.25) is 0 Å². The number of alkyl carbamates (subject to hydrolysis) is 1. The van der Waals surface area contributed by atoms with Crippen molar-refractivity contribution in [2.45, 2.75) is 45.3 Å². The number of nitrogens with one attached hydrogen (secondary N) is 2. The lowest BCUT2D eigenvalue weighted by molar-refractivity contribution is 0.0506. The summed E-state index contributed by atoms with van der Waals surface area (Å²) in [6, 6.07) is 12.5. The number of carbonyl (C=O) groups is 1. The van der Waals surface area contributed by atoms with Crippen LogP contribution in [-0.2, 0) is 17.6 Å². The first-order valence-corrected chi connectivity index (χ1v) is 10.6. The number of fused-ring (bicyclic) bond motifs is 2. The van der Waals surface area contributed by atoms with E-state index in [1.165, 1.54) is 11.1 Å². The minimum Gasteiger partial charge on any atom is -0.444 e. The molecular weight excluding hydrogens is 479 g/mol. The van der Waals surface area contributed by atoms with E-state index in [9.17, 15) is 4.79 Å². The Labute approximate surface area is 183 Å². The summed E-state index contributed by atoms with van der Waals surface area (Å²) in [4.78, 5) is 20.8. The molecule has 150 valence electrons. The lowest BCUT2D eigenvalue weighted by Crippen LogP contribution is -2.39. The molecule has 0 bridgehead atoms. The van der Waals surface area contributed by atoms with Gasteiger partial charge in [-0.25, -0.2) is 14.8 Å². The van der Waals surface area contributed by atoms with Crippen LogP contribution in [0.2, 0.25) is 0 Å². The number of ether oxygens (including phenoxy) is 1. The summed E-state index contributed by atoms with van der Waals surface area (Å²) in [6.45, 7) is 5.60. The van der Waals surface area contributed by atoms with Crippen molar-refractivity contribution >= 4 is 51.1 Å². The zero-order valence-electron chi connectivity index (χ0n) is 16.6. The standard InChI is InChI=1S/C22H23IN4O2/c1-22(2,3)29-21(28)27-17-8-13-4-6-16(9-14(13)10-17)26-20-18-11-15(23)5-7-19(18)24-12-25-20/h4-7,9,11-12,17H,8,10H2,1-3H3,(H,27,28)(H,24,25,26). The van der Waals surface area contributed by atoms with E-state index < -0.39 is 5.60 Å². The second kappa shape index (κ2) is 7.78. The zero-order valence-corrected chi connectivity index (χ0v) is 18.8. The summed E-state index contributed by atoms with van der Waals surface area (Å²) in [5, 5.41) is 7.39. The third-order valence-electron chi connectivity index (χ3n) is 4.72. The number of hydrogen-bond donors (Lipinski definition) is 2. The van der Waals surface area contributed by atoms with Gasteiger partial charge in [0, 0.05) is 20.7 Å². The number of anilines is 2. The Morgan fingerprint density at radius 1 is 1.10 bits per heavy atom. The molecule has 4 rings (SSSR count). The van der Waals surface area contributed by atoms with E-state index in [1.807, 2.05) is 32.9 Å². The fourth-order valence-electron chi connectivity index (χ4n) is 3.54. The normalized spacial score (nSPS) is 15.8. The number of benzene rings is 2. The Balaban J connectivity index is 1.49. The van der Waals surface area contributed by atoms with E-state index in [0.717, 1.165) is 38.8 Å². The van der Waals surface area contributed by atoms with Crippen LogP contribution < -0.4 is 10.6 Å². The molecule has 1 aliphatic rings. The van der Waals surface area contributed by atoms with Gasteiger partial charge in [-0.05, 0) is 97.7 Å². The van der Waals surface area contributed by atoms with Gasteiger partial charge in [0.05, 0.1) is 5.52 Å². The first kappa shape index (κ1) is 19.9. The van der Waals surface area contributed by atoms with Gasteiger partial charge in [-0.1, -0.05) is 6.07 Å². The Morgan fingerprint density at radius 3 is 2.69 bits per heavy atom. The van der Waals surface area contributed by atoms with Crippen LogP contribution in [0.25, 0.3) is 10.9 Å². The fourth-order valence-corrected chi connectivity index (χ4v) is 4.03. The van der Waals surface area contributed by atoms with Crippen molar-refractivity contribution in [3.8, 4) is 0 Å². The van der Waals surface area contributed by atoms with Crippen molar-refractivity contribution in [2.24, 2.45) is 0 Å². The topological polar surface area (TPSA) is 76.1 Å². The molecule has 1 heterocycles. The summed E-state index contributed by atoms with van der Waals surface area (Å²) in [7, 11) is 0. The Kier molecular flexibility index (Phi) is 5.33. The van der Waals surface area contributed by atoms with Crippen molar-refractivity contribution in [2.75, 3.05) is 5.32 Å². The van der Waals surface area contributed by atoms with Gasteiger partial charge < -0.3 is 15.4 Å². The van der Waals surface area contributed by atoms with Gasteiger partial charge in [0.1, 0.15) is 17.7 Å². The quantitative estimate of drug-likeness (QED) is 0.495. The molecule has 1 aromatic heterocycles. The molecule has 0 fully saturated rings. The van der Waals surface area contributed by atoms with Crippen LogP contribution >= 0.6 is 22.6 Å². The van der Waals surface area contributed by atoms with Gasteiger partial charge in [0.25, 0.3) is 0 Å². The second-order valence-electron chi connectivity index (χ2n) is 8.24. The molecular formula is C22H23IN4O2. The van der Waals surface area contributed by atoms with Gasteiger partial charge in [0.15, 0.2) is 0 Å². The monoisotopic (exact) mass is 502 g/mol. The molecule has 0 saturated heterocycles. The van der Waals surface area contributed by atoms with E-state index in [4.69, 9.17) is 4.74 Å². The molecule has 1 atom stereocenters. The van der Waals surface area contributed by atoms with Crippen LogP contribution in [0.4, 0.5) is 16.3 Å². The fraction of sp³-hybridized carbons (Fsp3) is 0.318. The molecule has 0 aliphatic heterocycles. The average molecular weight is 502 g/mol. The molecule has 1 aliphatic carbocycles. The average Bonchev–Trinajstić information content (AvgIpc) is 3.02. The molecule has 29 heavy (non-hydrogen) atoms. The van der Waals surface area contributed by atoms with Gasteiger partial charge in [-0.15, -0.1) is 0 Å². The highest BCUT2D eigenvalue weighted by atomic mass is 127. The van der Waals surface area contributed by atoms with Crippen LogP contribution in [0.1, 0.15) is 31.9 Å². The maximum absolute atomic E-state index is 12.1. The molecule has 0 spiro atoms. The molecule has 0 saturated carbocycles. The number of nitrogens with zero attached hydrogens (tertiary/aromatic N) is 2. The van der Waals surface area contributed by atoms with E-state index in [-0.39, 0.29) is 12.1 Å². The van der Waals surface area contributed by atoms with Crippen LogP contribution in [0, 0.1) is 3.57 Å². The maximum Gasteiger partial charge on any atom is 0.407 e. The second-order valence-corrected chi connectivity index (χ2v) is 9.49. The lowest BCUT2D eigenvalue weighted by atomic mass is 10.1. The predicted octanol–water partition coefficient (Wildman–Crippen LogP) is 4.97. The number of carbonyl (C=O) groups excluding carboxylic acids is 1. The number of hydrogen-bond acceptors (Lipinski definition) is 5. The minimum absolute atomic E-state index is 0.0524. The molecule has 1 amide bonds. The summed E-state index contributed by atoms with van der Waals surface area (Å²) in [6.07, 6.45) is 2.80. The largest absolute Gasteiger partial charge is 0.444 e. The predicted molar refractivity (Wildman–Crippen MR) is 123 cm³/mol. The van der Waals surface area contributed by atoms with Crippen LogP contribution in [0.5, 0.6) is 0 Å². The van der Waals surface area contributed by atoms with Crippen LogP contribution in [0.15, 0.2) is 42.7 Å². The first-order valence-electron chi connectivity index (χ1n) is 9.55. The van der Waals surface area contributed by atoms with E-state index >= 15 is 0 Å². The van der Waals surface area contributed by atoms with E-state index in [0.29, 0.717) is 0 Å². The molecule has 2 N–H and O–H groups in total. The van der Waals surface area contributed by atoms with Crippen molar-refractivity contribution < 1.29 is 9.53 Å². The van der Waals surface area contributed by atoms with Gasteiger partial charge in [0.2, 0.25) is 0 Å². The molecule has 0 radical (unpaired) electrons. The molecule has 3 aromatic rings. The molecule has 1 unspecified atom stereocenters. The lowest BCUT2D eigenvalue weighted by Gasteiger charge is -2.21. The van der Waals surface area contributed by atoms with Crippen LogP contribution in [-0.4, -0.2) is 27.7 Å². The third-order valence-corrected chi connectivity index (χ3v) is 5.39. The zero-order chi connectivity index (χ0) is 20.6. The summed E-state index contributed by atoms with van der Waals surface area (Å²) in [5.74, 6) is 0.787. The number of halogens is 1. The first-order chi connectivity index (χ1) is 13.8. The molecule has 7 heteroatoms. The Morgan fingerprint density at radius 2 is 1.90 bits per heavy atom. The summed E-state index contributed by atoms with van der Waals surface area (Å²) < 4.78 is 6.51. The van der Waals surface area contributed by atoms with Crippen molar-refractivity contribution in [3.63, 3.8) is 0 Å². The molecule has 2 aromatic carbocycles. The highest BCUT2D eigenvalue weighted by Gasteiger charge is 2.25. The number of aromatic nitrogens is 2. The van der Waals surface area contributed by atoms with Crippen molar-refractivity contribution in [1.29, 1.82) is 0 Å².